The Bertz CT molecular complexity index is 1930. The van der Waals surface area contributed by atoms with E-state index in [-0.39, 0.29) is 26.4 Å². The molecular weight excluding hydrogens is 1290 g/mol. The first-order chi connectivity index (χ1) is 47.9. The van der Waals surface area contributed by atoms with Crippen molar-refractivity contribution < 1.29 is 55.8 Å². The molecule has 0 aliphatic rings. The van der Waals surface area contributed by atoms with Crippen LogP contribution in [-0.4, -0.2) is 72.4 Å². The normalized spacial score (nSPS) is 13.6. The van der Waals surface area contributed by atoms with Gasteiger partial charge in [0.2, 0.25) is 0 Å². The van der Waals surface area contributed by atoms with Crippen molar-refractivity contribution in [1.29, 1.82) is 0 Å². The summed E-state index contributed by atoms with van der Waals surface area (Å²) in [6, 6.07) is 43.2. The van der Waals surface area contributed by atoms with E-state index in [0.717, 1.165) is 77.0 Å². The van der Waals surface area contributed by atoms with Gasteiger partial charge < -0.3 is 55.8 Å². The van der Waals surface area contributed by atoms with E-state index in [2.05, 4.69) is 121 Å². The van der Waals surface area contributed by atoms with Gasteiger partial charge >= 0.3 is 34.4 Å². The molecule has 4 atom stereocenters. The fraction of sp³-hybridized carbons (Fsp3) is 0.704. The second-order valence-corrected chi connectivity index (χ2v) is 31.3. The van der Waals surface area contributed by atoms with Crippen LogP contribution in [0.2, 0.25) is 0 Å². The van der Waals surface area contributed by atoms with Crippen LogP contribution in [0, 0.1) is 5.41 Å². The van der Waals surface area contributed by atoms with Gasteiger partial charge in [0.15, 0.2) is 0 Å². The largest absolute Gasteiger partial charge is 0.329 e. The number of rotatable bonds is 72. The molecule has 4 rings (SSSR count). The van der Waals surface area contributed by atoms with Crippen LogP contribution in [0.3, 0.4) is 0 Å². The first kappa shape index (κ1) is 87.5. The lowest BCUT2D eigenvalue weighted by Crippen LogP contribution is -2.40. The summed E-state index contributed by atoms with van der Waals surface area (Å²) in [5, 5.41) is 0. The van der Waals surface area contributed by atoms with Gasteiger partial charge in [-0.05, 0) is 99.3 Å². The van der Waals surface area contributed by atoms with Gasteiger partial charge in [0.05, 0.1) is 58.3 Å². The van der Waals surface area contributed by atoms with Crippen LogP contribution in [0.15, 0.2) is 121 Å². The number of unbranched alkanes of at least 4 members (excludes halogenated alkanes) is 40. The summed E-state index contributed by atoms with van der Waals surface area (Å²) in [4.78, 5) is 44.5. The Hall–Kier alpha value is -1.88. The Morgan fingerprint density at radius 3 is 0.495 bits per heavy atom. The molecule has 0 aromatic heterocycles. The predicted molar refractivity (Wildman–Crippen MR) is 410 cm³/mol. The Labute approximate surface area is 597 Å². The van der Waals surface area contributed by atoms with E-state index in [1.807, 2.05) is 0 Å². The van der Waals surface area contributed by atoms with E-state index in [4.69, 9.17) is 36.2 Å². The van der Waals surface area contributed by atoms with Crippen LogP contribution in [0.4, 0.5) is 0 Å². The highest BCUT2D eigenvalue weighted by Gasteiger charge is 2.38. The molecule has 0 saturated carbocycles. The molecule has 0 aliphatic heterocycles. The average molecular weight is 1430 g/mol. The van der Waals surface area contributed by atoms with Crippen molar-refractivity contribution in [2.75, 3.05) is 52.9 Å². The number of hydrogen-bond donors (Lipinski definition) is 4. The van der Waals surface area contributed by atoms with E-state index in [0.29, 0.717) is 26.4 Å². The third-order valence-corrected chi connectivity index (χ3v) is 21.6. The van der Waals surface area contributed by atoms with Crippen LogP contribution in [0.25, 0.3) is 0 Å². The van der Waals surface area contributed by atoms with Crippen molar-refractivity contribution in [3.8, 4) is 0 Å². The number of aryl methyl sites for hydroxylation is 4. The van der Waals surface area contributed by atoms with Gasteiger partial charge in [0.1, 0.15) is 0 Å². The fourth-order valence-corrected chi connectivity index (χ4v) is 15.4. The van der Waals surface area contributed by atoms with E-state index in [1.165, 1.54) is 253 Å². The minimum Gasteiger partial charge on any atom is -0.328 e. The van der Waals surface area contributed by atoms with Crippen molar-refractivity contribution in [3.63, 3.8) is 0 Å². The van der Waals surface area contributed by atoms with Crippen LogP contribution in [0.1, 0.15) is 305 Å². The Morgan fingerprint density at radius 1 is 0.186 bits per heavy atom. The van der Waals surface area contributed by atoms with Crippen molar-refractivity contribution in [2.24, 2.45) is 5.41 Å². The molecule has 4 unspecified atom stereocenters. The molecule has 16 heteroatoms. The molecule has 0 heterocycles. The van der Waals surface area contributed by atoms with Crippen LogP contribution in [-0.2, 0) is 61.9 Å². The molecule has 0 spiro atoms. The summed E-state index contributed by atoms with van der Waals surface area (Å²) in [5.74, 6) is 0. The van der Waals surface area contributed by atoms with Gasteiger partial charge in [0, 0.05) is 0 Å². The van der Waals surface area contributed by atoms with Gasteiger partial charge in [-0.3, -0.25) is 0 Å². The highest BCUT2D eigenvalue weighted by molar-refractivity contribution is 7.41. The van der Waals surface area contributed by atoms with Crippen molar-refractivity contribution in [3.05, 3.63) is 144 Å². The standard InChI is InChI=1S/C81H136O12P4/c82-94(86-69-53-33-25-17-9-1-5-13-21-29-41-57-77-61-45-37-46-62-77)90-73-81(74-91-95(83)87-70-54-34-26-18-10-2-6-14-22-30-42-58-78-63-47-38-48-64-78,75-92-96(84)88-71-55-35-27-19-11-3-7-15-23-31-43-59-79-65-49-39-50-66-79)76-93-97(85)89-72-56-36-28-20-12-4-8-16-24-32-44-60-80-67-51-40-52-68-80/h37-40,45-52,61-68,82-85H,1-36,41-44,53-60,69-76H2. The lowest BCUT2D eigenvalue weighted by molar-refractivity contribution is -0.0202. The third-order valence-electron chi connectivity index (χ3n) is 18.5. The quantitative estimate of drug-likeness (QED) is 0.0246. The molecule has 0 fully saturated rings. The molecule has 0 bridgehead atoms. The molecule has 4 aromatic carbocycles. The predicted octanol–water partition coefficient (Wildman–Crippen LogP) is 25.1. The topological polar surface area (TPSA) is 155 Å². The maximum Gasteiger partial charge on any atom is 0.329 e. The van der Waals surface area contributed by atoms with Crippen molar-refractivity contribution in [1.82, 2.24) is 0 Å². The van der Waals surface area contributed by atoms with E-state index in [1.54, 1.807) is 0 Å². The Balaban J connectivity index is 1.19. The molecule has 552 valence electrons. The van der Waals surface area contributed by atoms with Crippen LogP contribution in [0.5, 0.6) is 0 Å². The summed E-state index contributed by atoms with van der Waals surface area (Å²) < 4.78 is 47.5. The van der Waals surface area contributed by atoms with E-state index in [9.17, 15) is 19.6 Å². The van der Waals surface area contributed by atoms with Crippen LogP contribution >= 0.6 is 34.4 Å². The van der Waals surface area contributed by atoms with Gasteiger partial charge in [-0.15, -0.1) is 0 Å². The second-order valence-electron chi connectivity index (χ2n) is 27.4. The highest BCUT2D eigenvalue weighted by atomic mass is 31.2. The molecule has 0 radical (unpaired) electrons. The average Bonchev–Trinajstić information content (AvgIpc) is 1.11. The minimum atomic E-state index is -2.30. The zero-order chi connectivity index (χ0) is 68.5. The zero-order valence-corrected chi connectivity index (χ0v) is 64.1. The monoisotopic (exact) mass is 1420 g/mol. The summed E-state index contributed by atoms with van der Waals surface area (Å²) >= 11 is 0. The molecule has 12 nitrogen and oxygen atoms in total. The lowest BCUT2D eigenvalue weighted by atomic mass is 9.93. The summed E-state index contributed by atoms with van der Waals surface area (Å²) in [6.07, 6.45) is 57.1. The van der Waals surface area contributed by atoms with Crippen LogP contribution < -0.4 is 0 Å². The van der Waals surface area contributed by atoms with Crippen molar-refractivity contribution in [2.45, 2.75) is 308 Å². The Morgan fingerprint density at radius 2 is 0.330 bits per heavy atom. The Kier molecular flexibility index (Phi) is 58.6. The molecule has 4 aromatic rings. The van der Waals surface area contributed by atoms with Gasteiger partial charge in [-0.25, -0.2) is 0 Å². The third kappa shape index (κ3) is 53.6. The summed E-state index contributed by atoms with van der Waals surface area (Å²) in [6.45, 7) is 0.664. The summed E-state index contributed by atoms with van der Waals surface area (Å²) in [7, 11) is -9.21. The lowest BCUT2D eigenvalue weighted by Gasteiger charge is -2.33. The molecule has 97 heavy (non-hydrogen) atoms. The smallest absolute Gasteiger partial charge is 0.328 e. The molecular formula is C81H136O12P4. The van der Waals surface area contributed by atoms with Crippen molar-refractivity contribution >= 4 is 34.4 Å². The number of hydrogen-bond acceptors (Lipinski definition) is 12. The summed E-state index contributed by atoms with van der Waals surface area (Å²) in [5.41, 5.74) is 4.51. The molecule has 0 saturated heterocycles. The van der Waals surface area contributed by atoms with Gasteiger partial charge in [-0.1, -0.05) is 352 Å². The number of benzene rings is 4. The minimum absolute atomic E-state index is 0.186. The highest BCUT2D eigenvalue weighted by Crippen LogP contribution is 2.45. The van der Waals surface area contributed by atoms with E-state index < -0.39 is 39.8 Å². The maximum atomic E-state index is 11.1. The zero-order valence-electron chi connectivity index (χ0n) is 60.5. The van der Waals surface area contributed by atoms with Gasteiger partial charge in [0.25, 0.3) is 0 Å². The molecule has 0 aliphatic carbocycles. The maximum absolute atomic E-state index is 11.1. The SMILES string of the molecule is OP(OCCCCCCCCCCCCCc1ccccc1)OCC(COP(O)OCCCCCCCCCCCCCc1ccccc1)(COP(O)OCCCCCCCCCCCCCc1ccccc1)COP(O)OCCCCCCCCCCCCCc1ccccc1. The second kappa shape index (κ2) is 64.9. The first-order valence-corrected chi connectivity index (χ1v) is 43.6. The van der Waals surface area contributed by atoms with Gasteiger partial charge in [-0.2, -0.15) is 0 Å². The van der Waals surface area contributed by atoms with E-state index >= 15 is 0 Å². The molecule has 4 N–H and O–H groups in total. The fourth-order valence-electron chi connectivity index (χ4n) is 12.4. The molecule has 0 amide bonds. The first-order valence-electron chi connectivity index (χ1n) is 39.0.